The van der Waals surface area contributed by atoms with Crippen molar-refractivity contribution in [3.63, 3.8) is 0 Å². The Morgan fingerprint density at radius 2 is 1.45 bits per heavy atom. The number of hydrogen-bond donors (Lipinski definition) is 0. The van der Waals surface area contributed by atoms with Crippen LogP contribution in [0.4, 0.5) is 0 Å². The van der Waals surface area contributed by atoms with E-state index in [0.29, 0.717) is 5.41 Å². The Morgan fingerprint density at radius 1 is 0.864 bits per heavy atom. The lowest BCUT2D eigenvalue weighted by molar-refractivity contribution is 0.109. The first-order chi connectivity index (χ1) is 10.7. The van der Waals surface area contributed by atoms with E-state index < -0.39 is 0 Å². The Labute approximate surface area is 135 Å². The quantitative estimate of drug-likeness (QED) is 0.733. The average molecular weight is 293 g/mol. The maximum atomic E-state index is 2.61. The van der Waals surface area contributed by atoms with Gasteiger partial charge in [-0.25, -0.2) is 0 Å². The molecule has 116 valence electrons. The van der Waals surface area contributed by atoms with Crippen molar-refractivity contribution in [3.05, 3.63) is 60.2 Å². The molecule has 0 saturated carbocycles. The molecule has 1 nitrogen and oxygen atoms in total. The van der Waals surface area contributed by atoms with Gasteiger partial charge in [0.15, 0.2) is 0 Å². The van der Waals surface area contributed by atoms with E-state index in [4.69, 9.17) is 0 Å². The number of nitrogens with zero attached hydrogens (tertiary/aromatic N) is 1. The Morgan fingerprint density at radius 3 is 2.05 bits per heavy atom. The molecule has 22 heavy (non-hydrogen) atoms. The molecule has 1 heterocycles. The fourth-order valence-electron chi connectivity index (χ4n) is 3.30. The zero-order valence-electron chi connectivity index (χ0n) is 13.9. The Kier molecular flexibility index (Phi) is 4.63. The molecule has 1 aliphatic rings. The van der Waals surface area contributed by atoms with Crippen LogP contribution in [0.5, 0.6) is 0 Å². The van der Waals surface area contributed by atoms with E-state index >= 15 is 0 Å². The molecule has 0 aliphatic carbocycles. The lowest BCUT2D eigenvalue weighted by Crippen LogP contribution is -2.37. The monoisotopic (exact) mass is 293 g/mol. The first-order valence-corrected chi connectivity index (χ1v) is 8.55. The summed E-state index contributed by atoms with van der Waals surface area (Å²) in [5.41, 5.74) is 4.61. The SMILES string of the molecule is CCC1(C)CCN(Cc2ccc(-c3ccccc3)cc2)CC1. The van der Waals surface area contributed by atoms with Gasteiger partial charge >= 0.3 is 0 Å². The van der Waals surface area contributed by atoms with E-state index in [-0.39, 0.29) is 0 Å². The minimum atomic E-state index is 0.577. The third kappa shape index (κ3) is 3.59. The van der Waals surface area contributed by atoms with Crippen LogP contribution in [0.3, 0.4) is 0 Å². The number of rotatable bonds is 4. The third-order valence-electron chi connectivity index (χ3n) is 5.38. The van der Waals surface area contributed by atoms with Crippen LogP contribution in [0.2, 0.25) is 0 Å². The first-order valence-electron chi connectivity index (χ1n) is 8.55. The van der Waals surface area contributed by atoms with Crippen molar-refractivity contribution in [3.8, 4) is 11.1 Å². The topological polar surface area (TPSA) is 3.24 Å². The summed E-state index contributed by atoms with van der Waals surface area (Å²) < 4.78 is 0. The molecule has 3 rings (SSSR count). The predicted molar refractivity (Wildman–Crippen MR) is 94.8 cm³/mol. The highest BCUT2D eigenvalue weighted by Crippen LogP contribution is 2.34. The van der Waals surface area contributed by atoms with Gasteiger partial charge in [-0.2, -0.15) is 0 Å². The third-order valence-corrected chi connectivity index (χ3v) is 5.38. The summed E-state index contributed by atoms with van der Waals surface area (Å²) in [6.07, 6.45) is 3.99. The fraction of sp³-hybridized carbons (Fsp3) is 0.429. The molecule has 2 aromatic rings. The van der Waals surface area contributed by atoms with Crippen LogP contribution in [0.15, 0.2) is 54.6 Å². The van der Waals surface area contributed by atoms with Crippen molar-refractivity contribution >= 4 is 0 Å². The second-order valence-corrected chi connectivity index (χ2v) is 7.00. The van der Waals surface area contributed by atoms with Crippen molar-refractivity contribution in [1.82, 2.24) is 4.90 Å². The second kappa shape index (κ2) is 6.66. The van der Waals surface area contributed by atoms with Crippen molar-refractivity contribution in [1.29, 1.82) is 0 Å². The molecule has 0 spiro atoms. The molecule has 0 N–H and O–H groups in total. The highest BCUT2D eigenvalue weighted by atomic mass is 15.1. The molecular weight excluding hydrogens is 266 g/mol. The molecule has 1 saturated heterocycles. The van der Waals surface area contributed by atoms with Crippen LogP contribution in [0.1, 0.15) is 38.7 Å². The van der Waals surface area contributed by atoms with E-state index in [1.54, 1.807) is 0 Å². The van der Waals surface area contributed by atoms with Gasteiger partial charge in [0.05, 0.1) is 0 Å². The molecule has 0 amide bonds. The molecule has 0 radical (unpaired) electrons. The van der Waals surface area contributed by atoms with Crippen LogP contribution >= 0.6 is 0 Å². The Balaban J connectivity index is 1.60. The van der Waals surface area contributed by atoms with Gasteiger partial charge in [0.25, 0.3) is 0 Å². The molecule has 1 aliphatic heterocycles. The van der Waals surface area contributed by atoms with Gasteiger partial charge in [-0.15, -0.1) is 0 Å². The summed E-state index contributed by atoms with van der Waals surface area (Å²) in [4.78, 5) is 2.61. The minimum Gasteiger partial charge on any atom is -0.299 e. The van der Waals surface area contributed by atoms with Crippen LogP contribution in [0, 0.1) is 5.41 Å². The first kappa shape index (κ1) is 15.3. The van der Waals surface area contributed by atoms with E-state index in [1.807, 2.05) is 0 Å². The highest BCUT2D eigenvalue weighted by Gasteiger charge is 2.27. The highest BCUT2D eigenvalue weighted by molar-refractivity contribution is 5.63. The standard InChI is InChI=1S/C21H27N/c1-3-21(2)13-15-22(16-14-21)17-18-9-11-20(12-10-18)19-7-5-4-6-8-19/h4-12H,3,13-17H2,1-2H3. The molecule has 2 aromatic carbocycles. The van der Waals surface area contributed by atoms with Crippen molar-refractivity contribution in [2.75, 3.05) is 13.1 Å². The molecule has 1 fully saturated rings. The molecule has 0 aromatic heterocycles. The average Bonchev–Trinajstić information content (AvgIpc) is 2.59. The maximum absolute atomic E-state index is 2.61. The van der Waals surface area contributed by atoms with Gasteiger partial charge in [-0.05, 0) is 48.0 Å². The Bertz CT molecular complexity index is 577. The summed E-state index contributed by atoms with van der Waals surface area (Å²) in [6.45, 7) is 8.35. The van der Waals surface area contributed by atoms with Crippen molar-refractivity contribution < 1.29 is 0 Å². The van der Waals surface area contributed by atoms with Crippen LogP contribution in [0.25, 0.3) is 11.1 Å². The molecule has 1 heteroatoms. The fourth-order valence-corrected chi connectivity index (χ4v) is 3.30. The zero-order chi connectivity index (χ0) is 15.4. The molecular formula is C21H27N. The van der Waals surface area contributed by atoms with Gasteiger partial charge < -0.3 is 0 Å². The van der Waals surface area contributed by atoms with Gasteiger partial charge in [0, 0.05) is 6.54 Å². The zero-order valence-corrected chi connectivity index (χ0v) is 13.9. The molecule has 0 unspecified atom stereocenters. The van der Waals surface area contributed by atoms with Gasteiger partial charge in [-0.1, -0.05) is 74.9 Å². The van der Waals surface area contributed by atoms with Crippen LogP contribution in [-0.4, -0.2) is 18.0 Å². The summed E-state index contributed by atoms with van der Waals surface area (Å²) >= 11 is 0. The summed E-state index contributed by atoms with van der Waals surface area (Å²) in [6, 6.07) is 19.7. The lowest BCUT2D eigenvalue weighted by Gasteiger charge is -2.39. The van der Waals surface area contributed by atoms with Crippen LogP contribution in [-0.2, 0) is 6.54 Å². The number of piperidine rings is 1. The minimum absolute atomic E-state index is 0.577. The van der Waals surface area contributed by atoms with Gasteiger partial charge in [0.2, 0.25) is 0 Å². The summed E-state index contributed by atoms with van der Waals surface area (Å²) in [5, 5.41) is 0. The molecule has 0 bridgehead atoms. The van der Waals surface area contributed by atoms with E-state index in [2.05, 4.69) is 73.3 Å². The van der Waals surface area contributed by atoms with Gasteiger partial charge in [0.1, 0.15) is 0 Å². The van der Waals surface area contributed by atoms with Crippen molar-refractivity contribution in [2.45, 2.75) is 39.7 Å². The smallest absolute Gasteiger partial charge is 0.0233 e. The van der Waals surface area contributed by atoms with E-state index in [1.165, 1.54) is 49.0 Å². The van der Waals surface area contributed by atoms with Crippen LogP contribution < -0.4 is 0 Å². The lowest BCUT2D eigenvalue weighted by atomic mass is 9.78. The molecule has 0 atom stereocenters. The summed E-state index contributed by atoms with van der Waals surface area (Å²) in [7, 11) is 0. The van der Waals surface area contributed by atoms with Crippen molar-refractivity contribution in [2.24, 2.45) is 5.41 Å². The Hall–Kier alpha value is -1.60. The maximum Gasteiger partial charge on any atom is 0.0233 e. The largest absolute Gasteiger partial charge is 0.299 e. The number of hydrogen-bond acceptors (Lipinski definition) is 1. The van der Waals surface area contributed by atoms with Gasteiger partial charge in [-0.3, -0.25) is 4.90 Å². The normalized spacial score (nSPS) is 18.3. The number of benzene rings is 2. The predicted octanol–water partition coefficient (Wildman–Crippen LogP) is 5.37. The van der Waals surface area contributed by atoms with E-state index in [0.717, 1.165) is 6.54 Å². The number of likely N-dealkylation sites (tertiary alicyclic amines) is 1. The summed E-state index contributed by atoms with van der Waals surface area (Å²) in [5.74, 6) is 0. The second-order valence-electron chi connectivity index (χ2n) is 7.00. The van der Waals surface area contributed by atoms with E-state index in [9.17, 15) is 0 Å².